The van der Waals surface area contributed by atoms with Gasteiger partial charge in [0.15, 0.2) is 5.96 Å². The van der Waals surface area contributed by atoms with Gasteiger partial charge in [-0.2, -0.15) is 0 Å². The van der Waals surface area contributed by atoms with Crippen LogP contribution in [0.25, 0.3) is 0 Å². The number of ether oxygens (including phenoxy) is 1. The van der Waals surface area contributed by atoms with Gasteiger partial charge in [0.25, 0.3) is 0 Å². The van der Waals surface area contributed by atoms with Gasteiger partial charge in [0.1, 0.15) is 11.4 Å². The van der Waals surface area contributed by atoms with Gasteiger partial charge in [-0.15, -0.1) is 0 Å². The highest BCUT2D eigenvalue weighted by Crippen LogP contribution is 2.32. The van der Waals surface area contributed by atoms with Crippen LogP contribution < -0.4 is 16.2 Å². The highest BCUT2D eigenvalue weighted by Gasteiger charge is 2.06. The van der Waals surface area contributed by atoms with Gasteiger partial charge in [0.2, 0.25) is 0 Å². The van der Waals surface area contributed by atoms with Gasteiger partial charge in [-0.3, -0.25) is 0 Å². The maximum absolute atomic E-state index is 5.33. The Morgan fingerprint density at radius 1 is 1.29 bits per heavy atom. The van der Waals surface area contributed by atoms with Crippen LogP contribution in [0.2, 0.25) is 0 Å². The van der Waals surface area contributed by atoms with Crippen LogP contribution in [0.15, 0.2) is 17.1 Å². The fraction of sp³-hybridized carbons (Fsp3) is 0.300. The van der Waals surface area contributed by atoms with E-state index < -0.39 is 0 Å². The molecule has 0 atom stereocenters. The van der Waals surface area contributed by atoms with Crippen molar-refractivity contribution in [3.8, 4) is 5.75 Å². The molecule has 0 saturated carbocycles. The van der Waals surface area contributed by atoms with Crippen LogP contribution in [0.3, 0.4) is 0 Å². The maximum atomic E-state index is 5.33. The van der Waals surface area contributed by atoms with Crippen molar-refractivity contribution < 1.29 is 4.74 Å². The molecule has 0 aromatic heterocycles. The second-order valence-corrected chi connectivity index (χ2v) is 3.17. The molecule has 0 bridgehead atoms. The fourth-order valence-corrected chi connectivity index (χ4v) is 1.35. The highest BCUT2D eigenvalue weighted by atomic mass is 16.5. The molecule has 0 heterocycles. The number of methoxy groups -OCH3 is 1. The fourth-order valence-electron chi connectivity index (χ4n) is 1.35. The van der Waals surface area contributed by atoms with Crippen molar-refractivity contribution in [2.24, 2.45) is 16.5 Å². The molecule has 0 unspecified atom stereocenters. The van der Waals surface area contributed by atoms with Crippen molar-refractivity contribution >= 4 is 11.6 Å². The van der Waals surface area contributed by atoms with E-state index in [1.54, 1.807) is 7.11 Å². The lowest BCUT2D eigenvalue weighted by molar-refractivity contribution is 0.415. The molecular formula is C10H15N3O. The summed E-state index contributed by atoms with van der Waals surface area (Å²) in [5.74, 6) is 0.728. The summed E-state index contributed by atoms with van der Waals surface area (Å²) in [4.78, 5) is 4.02. The van der Waals surface area contributed by atoms with Gasteiger partial charge in [0.05, 0.1) is 7.11 Å². The first-order valence-electron chi connectivity index (χ1n) is 4.29. The Morgan fingerprint density at radius 2 is 1.93 bits per heavy atom. The second-order valence-electron chi connectivity index (χ2n) is 3.17. The molecule has 1 rings (SSSR count). The topological polar surface area (TPSA) is 73.6 Å². The van der Waals surface area contributed by atoms with E-state index in [1.807, 2.05) is 26.0 Å². The summed E-state index contributed by atoms with van der Waals surface area (Å²) in [5.41, 5.74) is 13.5. The van der Waals surface area contributed by atoms with E-state index in [9.17, 15) is 0 Å². The number of guanidine groups is 1. The Labute approximate surface area is 83.6 Å². The van der Waals surface area contributed by atoms with Gasteiger partial charge < -0.3 is 16.2 Å². The molecule has 0 aliphatic heterocycles. The number of nitrogens with zero attached hydrogens (tertiary/aromatic N) is 1. The predicted octanol–water partition coefficient (Wildman–Crippen LogP) is 1.22. The third kappa shape index (κ3) is 2.16. The molecule has 0 aliphatic carbocycles. The van der Waals surface area contributed by atoms with Crippen LogP contribution in [0.4, 0.5) is 5.69 Å². The number of hydrogen-bond donors (Lipinski definition) is 2. The zero-order chi connectivity index (χ0) is 10.7. The summed E-state index contributed by atoms with van der Waals surface area (Å²) < 4.78 is 5.19. The lowest BCUT2D eigenvalue weighted by Crippen LogP contribution is -2.22. The monoisotopic (exact) mass is 193 g/mol. The molecule has 4 heteroatoms. The van der Waals surface area contributed by atoms with Crippen molar-refractivity contribution in [3.63, 3.8) is 0 Å². The molecule has 4 N–H and O–H groups in total. The van der Waals surface area contributed by atoms with Crippen LogP contribution in [0, 0.1) is 13.8 Å². The molecule has 0 radical (unpaired) electrons. The van der Waals surface area contributed by atoms with Crippen LogP contribution in [-0.2, 0) is 0 Å². The Bertz CT molecular complexity index is 368. The SMILES string of the molecule is COc1cc(C)cc(C)c1N=C(N)N. The molecule has 1 aromatic rings. The van der Waals surface area contributed by atoms with Crippen molar-refractivity contribution in [1.29, 1.82) is 0 Å². The molecule has 14 heavy (non-hydrogen) atoms. The largest absolute Gasteiger partial charge is 0.494 e. The van der Waals surface area contributed by atoms with E-state index in [0.29, 0.717) is 11.4 Å². The third-order valence-corrected chi connectivity index (χ3v) is 1.87. The zero-order valence-electron chi connectivity index (χ0n) is 8.66. The normalized spacial score (nSPS) is 9.64. The first-order valence-corrected chi connectivity index (χ1v) is 4.29. The van der Waals surface area contributed by atoms with E-state index in [0.717, 1.165) is 11.1 Å². The van der Waals surface area contributed by atoms with Crippen molar-refractivity contribution in [1.82, 2.24) is 0 Å². The zero-order valence-corrected chi connectivity index (χ0v) is 8.66. The minimum absolute atomic E-state index is 0.0373. The summed E-state index contributed by atoms with van der Waals surface area (Å²) in [6, 6.07) is 3.90. The summed E-state index contributed by atoms with van der Waals surface area (Å²) in [6.07, 6.45) is 0. The highest BCUT2D eigenvalue weighted by molar-refractivity contribution is 5.81. The van der Waals surface area contributed by atoms with Gasteiger partial charge in [-0.05, 0) is 31.0 Å². The van der Waals surface area contributed by atoms with Crippen LogP contribution in [0.5, 0.6) is 5.75 Å². The Hall–Kier alpha value is -1.71. The quantitative estimate of drug-likeness (QED) is 0.547. The molecule has 4 nitrogen and oxygen atoms in total. The van der Waals surface area contributed by atoms with Crippen LogP contribution in [0.1, 0.15) is 11.1 Å². The molecule has 0 spiro atoms. The van der Waals surface area contributed by atoms with Crippen LogP contribution in [-0.4, -0.2) is 13.1 Å². The van der Waals surface area contributed by atoms with E-state index in [2.05, 4.69) is 4.99 Å². The molecule has 0 saturated heterocycles. The number of aliphatic imine (C=N–C) groups is 1. The maximum Gasteiger partial charge on any atom is 0.191 e. The number of rotatable bonds is 2. The molecule has 0 fully saturated rings. The van der Waals surface area contributed by atoms with Crippen LogP contribution >= 0.6 is 0 Å². The lowest BCUT2D eigenvalue weighted by atomic mass is 10.1. The molecule has 76 valence electrons. The molecule has 1 aromatic carbocycles. The van der Waals surface area contributed by atoms with Crippen molar-refractivity contribution in [2.45, 2.75) is 13.8 Å². The first kappa shape index (κ1) is 10.4. The number of nitrogens with two attached hydrogens (primary N) is 2. The van der Waals surface area contributed by atoms with E-state index >= 15 is 0 Å². The lowest BCUT2D eigenvalue weighted by Gasteiger charge is -2.08. The number of aryl methyl sites for hydroxylation is 2. The predicted molar refractivity (Wildman–Crippen MR) is 57.9 cm³/mol. The smallest absolute Gasteiger partial charge is 0.191 e. The Balaban J connectivity index is 3.32. The van der Waals surface area contributed by atoms with Crippen molar-refractivity contribution in [2.75, 3.05) is 7.11 Å². The van der Waals surface area contributed by atoms with Gasteiger partial charge in [-0.1, -0.05) is 6.07 Å². The third-order valence-electron chi connectivity index (χ3n) is 1.87. The Kier molecular flexibility index (Phi) is 2.96. The summed E-state index contributed by atoms with van der Waals surface area (Å²) in [6.45, 7) is 3.94. The second kappa shape index (κ2) is 4.00. The van der Waals surface area contributed by atoms with E-state index in [4.69, 9.17) is 16.2 Å². The van der Waals surface area contributed by atoms with E-state index in [1.165, 1.54) is 0 Å². The molecular weight excluding hydrogens is 178 g/mol. The summed E-state index contributed by atoms with van der Waals surface area (Å²) >= 11 is 0. The average Bonchev–Trinajstić information content (AvgIpc) is 2.08. The number of hydrogen-bond acceptors (Lipinski definition) is 2. The van der Waals surface area contributed by atoms with Gasteiger partial charge in [0, 0.05) is 0 Å². The van der Waals surface area contributed by atoms with E-state index in [-0.39, 0.29) is 5.96 Å². The minimum Gasteiger partial charge on any atom is -0.494 e. The average molecular weight is 193 g/mol. The van der Waals surface area contributed by atoms with Crippen molar-refractivity contribution in [3.05, 3.63) is 23.3 Å². The summed E-state index contributed by atoms with van der Waals surface area (Å²) in [5, 5.41) is 0. The summed E-state index contributed by atoms with van der Waals surface area (Å²) in [7, 11) is 1.60. The van der Waals surface area contributed by atoms with Gasteiger partial charge in [-0.25, -0.2) is 4.99 Å². The Morgan fingerprint density at radius 3 is 2.43 bits per heavy atom. The number of benzene rings is 1. The molecule has 0 amide bonds. The molecule has 0 aliphatic rings. The minimum atomic E-state index is 0.0373. The first-order chi connectivity index (χ1) is 6.54. The standard InChI is InChI=1S/C10H15N3O/c1-6-4-7(2)9(13-10(11)12)8(5-6)14-3/h4-5H,1-3H3,(H4,11,12,13). The van der Waals surface area contributed by atoms with Gasteiger partial charge >= 0.3 is 0 Å².